The maximum absolute atomic E-state index is 12.5. The van der Waals surface area contributed by atoms with Crippen molar-refractivity contribution in [2.45, 2.75) is 12.3 Å². The quantitative estimate of drug-likeness (QED) is 0.737. The van der Waals surface area contributed by atoms with E-state index in [9.17, 15) is 14.7 Å². The van der Waals surface area contributed by atoms with E-state index in [-0.39, 0.29) is 29.9 Å². The van der Waals surface area contributed by atoms with Gasteiger partial charge in [0.05, 0.1) is 18.4 Å². The zero-order valence-electron chi connectivity index (χ0n) is 14.8. The lowest BCUT2D eigenvalue weighted by atomic mass is 10.1. The summed E-state index contributed by atoms with van der Waals surface area (Å²) in [6.07, 6.45) is 5.89. The summed E-state index contributed by atoms with van der Waals surface area (Å²) < 4.78 is 10.8. The average molecular weight is 365 g/mol. The number of carbonyl (C=O) groups excluding carboxylic acids is 1. The average Bonchev–Trinajstić information content (AvgIpc) is 3.47. The van der Waals surface area contributed by atoms with Crippen LogP contribution in [0, 0.1) is 18.3 Å². The zero-order valence-corrected chi connectivity index (χ0v) is 14.8. The number of carboxylic acid groups (broad SMARTS) is 1. The number of benzene rings is 2. The molecule has 6 heteroatoms. The molecule has 138 valence electrons. The molecular weight excluding hydrogens is 346 g/mol. The third kappa shape index (κ3) is 4.04. The lowest BCUT2D eigenvalue weighted by Crippen LogP contribution is -2.17. The third-order valence-corrected chi connectivity index (χ3v) is 4.47. The van der Waals surface area contributed by atoms with E-state index >= 15 is 0 Å². The Labute approximate surface area is 157 Å². The summed E-state index contributed by atoms with van der Waals surface area (Å²) in [7, 11) is 1.54. The summed E-state index contributed by atoms with van der Waals surface area (Å²) in [6.45, 7) is 0.146. The molecule has 0 radical (unpaired) electrons. The van der Waals surface area contributed by atoms with Crippen LogP contribution in [0.25, 0.3) is 0 Å². The van der Waals surface area contributed by atoms with Gasteiger partial charge in [0.1, 0.15) is 6.61 Å². The summed E-state index contributed by atoms with van der Waals surface area (Å²) in [5.41, 5.74) is 1.34. The minimum absolute atomic E-state index is 0.0533. The standard InChI is InChI=1S/C21H19NO5/c1-3-10-27-18-9-8-13(11-19(18)26-2)15-12-16(15)20(23)22-17-7-5-4-6-14(17)21(24)25/h1,4-9,11,15-16H,10,12H2,2H3,(H,22,23)(H,24,25). The van der Waals surface area contributed by atoms with Crippen molar-refractivity contribution in [3.05, 3.63) is 53.6 Å². The highest BCUT2D eigenvalue weighted by Gasteiger charge is 2.44. The monoisotopic (exact) mass is 365 g/mol. The van der Waals surface area contributed by atoms with Crippen molar-refractivity contribution in [2.24, 2.45) is 5.92 Å². The van der Waals surface area contributed by atoms with Crippen LogP contribution in [0.3, 0.4) is 0 Å². The highest BCUT2D eigenvalue weighted by atomic mass is 16.5. The molecule has 2 atom stereocenters. The second-order valence-electron chi connectivity index (χ2n) is 6.19. The number of ether oxygens (including phenoxy) is 2. The first-order chi connectivity index (χ1) is 13.0. The van der Waals surface area contributed by atoms with Crippen LogP contribution >= 0.6 is 0 Å². The number of para-hydroxylation sites is 1. The molecule has 2 unspecified atom stereocenters. The Morgan fingerprint density at radius 2 is 2.04 bits per heavy atom. The Morgan fingerprint density at radius 1 is 1.26 bits per heavy atom. The first kappa shape index (κ1) is 18.3. The van der Waals surface area contributed by atoms with Crippen LogP contribution in [-0.2, 0) is 4.79 Å². The van der Waals surface area contributed by atoms with Crippen LogP contribution < -0.4 is 14.8 Å². The fourth-order valence-electron chi connectivity index (χ4n) is 3.01. The van der Waals surface area contributed by atoms with Gasteiger partial charge in [-0.25, -0.2) is 4.79 Å². The van der Waals surface area contributed by atoms with Gasteiger partial charge in [-0.15, -0.1) is 6.42 Å². The highest BCUT2D eigenvalue weighted by Crippen LogP contribution is 2.49. The number of anilines is 1. The zero-order chi connectivity index (χ0) is 19.4. The lowest BCUT2D eigenvalue weighted by Gasteiger charge is -2.11. The van der Waals surface area contributed by atoms with E-state index < -0.39 is 5.97 Å². The van der Waals surface area contributed by atoms with E-state index in [1.807, 2.05) is 12.1 Å². The van der Waals surface area contributed by atoms with Crippen molar-refractivity contribution < 1.29 is 24.2 Å². The molecule has 2 aromatic carbocycles. The molecule has 0 bridgehead atoms. The molecule has 1 amide bonds. The summed E-state index contributed by atoms with van der Waals surface area (Å²) in [5, 5.41) is 11.9. The minimum Gasteiger partial charge on any atom is -0.493 e. The van der Waals surface area contributed by atoms with E-state index in [2.05, 4.69) is 11.2 Å². The Hall–Kier alpha value is -3.46. The maximum atomic E-state index is 12.5. The number of carbonyl (C=O) groups is 2. The number of carboxylic acids is 1. The van der Waals surface area contributed by atoms with Crippen LogP contribution in [-0.4, -0.2) is 30.7 Å². The largest absolute Gasteiger partial charge is 0.493 e. The molecule has 0 heterocycles. The van der Waals surface area contributed by atoms with E-state index in [0.717, 1.165) is 5.56 Å². The smallest absolute Gasteiger partial charge is 0.337 e. The Morgan fingerprint density at radius 3 is 2.74 bits per heavy atom. The number of amides is 1. The fourth-order valence-corrected chi connectivity index (χ4v) is 3.01. The number of methoxy groups -OCH3 is 1. The number of terminal acetylenes is 1. The molecule has 6 nitrogen and oxygen atoms in total. The first-order valence-electron chi connectivity index (χ1n) is 8.42. The van der Waals surface area contributed by atoms with Crippen molar-refractivity contribution in [1.82, 2.24) is 0 Å². The third-order valence-electron chi connectivity index (χ3n) is 4.47. The molecule has 1 saturated carbocycles. The summed E-state index contributed by atoms with van der Waals surface area (Å²) in [6, 6.07) is 11.9. The fraction of sp³-hybridized carbons (Fsp3) is 0.238. The number of rotatable bonds is 7. The highest BCUT2D eigenvalue weighted by molar-refractivity contribution is 6.02. The normalized spacial score (nSPS) is 17.5. The molecule has 2 N–H and O–H groups in total. The first-order valence-corrected chi connectivity index (χ1v) is 8.42. The Bertz CT molecular complexity index is 915. The Balaban J connectivity index is 1.70. The second-order valence-corrected chi connectivity index (χ2v) is 6.19. The van der Waals surface area contributed by atoms with Crippen LogP contribution in [0.5, 0.6) is 11.5 Å². The van der Waals surface area contributed by atoms with E-state index in [0.29, 0.717) is 23.6 Å². The molecule has 27 heavy (non-hydrogen) atoms. The van der Waals surface area contributed by atoms with Gasteiger partial charge in [-0.3, -0.25) is 4.79 Å². The molecule has 0 saturated heterocycles. The van der Waals surface area contributed by atoms with Gasteiger partial charge >= 0.3 is 5.97 Å². The van der Waals surface area contributed by atoms with Crippen molar-refractivity contribution >= 4 is 17.6 Å². The SMILES string of the molecule is C#CCOc1ccc(C2CC2C(=O)Nc2ccccc2C(=O)O)cc1OC. The second kappa shape index (κ2) is 7.83. The lowest BCUT2D eigenvalue weighted by molar-refractivity contribution is -0.117. The summed E-state index contributed by atoms with van der Waals surface area (Å²) in [4.78, 5) is 23.8. The molecule has 1 aliphatic carbocycles. The van der Waals surface area contributed by atoms with E-state index in [1.165, 1.54) is 6.07 Å². The van der Waals surface area contributed by atoms with Crippen molar-refractivity contribution in [1.29, 1.82) is 0 Å². The molecule has 0 aromatic heterocycles. The van der Waals surface area contributed by atoms with Gasteiger partial charge in [0.15, 0.2) is 11.5 Å². The topological polar surface area (TPSA) is 84.9 Å². The van der Waals surface area contributed by atoms with Gasteiger partial charge in [-0.1, -0.05) is 24.1 Å². The number of hydrogen-bond donors (Lipinski definition) is 2. The number of hydrogen-bond acceptors (Lipinski definition) is 4. The van der Waals surface area contributed by atoms with Gasteiger partial charge in [0, 0.05) is 5.92 Å². The summed E-state index contributed by atoms with van der Waals surface area (Å²) in [5.74, 6) is 2.08. The molecular formula is C21H19NO5. The van der Waals surface area contributed by atoms with Crippen LogP contribution in [0.2, 0.25) is 0 Å². The van der Waals surface area contributed by atoms with Crippen molar-refractivity contribution in [3.8, 4) is 23.8 Å². The van der Waals surface area contributed by atoms with E-state index in [4.69, 9.17) is 15.9 Å². The van der Waals surface area contributed by atoms with Gasteiger partial charge < -0.3 is 19.9 Å². The van der Waals surface area contributed by atoms with Crippen LogP contribution in [0.15, 0.2) is 42.5 Å². The predicted octanol–water partition coefficient (Wildman–Crippen LogP) is 3.15. The predicted molar refractivity (Wildman–Crippen MR) is 100 cm³/mol. The molecule has 1 aliphatic rings. The Kier molecular flexibility index (Phi) is 5.32. The molecule has 0 spiro atoms. The van der Waals surface area contributed by atoms with Gasteiger partial charge in [0.2, 0.25) is 5.91 Å². The summed E-state index contributed by atoms with van der Waals surface area (Å²) >= 11 is 0. The van der Waals surface area contributed by atoms with Crippen LogP contribution in [0.4, 0.5) is 5.69 Å². The molecule has 1 fully saturated rings. The van der Waals surface area contributed by atoms with Crippen molar-refractivity contribution in [2.75, 3.05) is 19.0 Å². The minimum atomic E-state index is -1.08. The van der Waals surface area contributed by atoms with Crippen LogP contribution in [0.1, 0.15) is 28.3 Å². The maximum Gasteiger partial charge on any atom is 0.337 e. The van der Waals surface area contributed by atoms with Gasteiger partial charge in [0.25, 0.3) is 0 Å². The van der Waals surface area contributed by atoms with Gasteiger partial charge in [-0.05, 0) is 42.2 Å². The molecule has 3 rings (SSSR count). The number of aromatic carboxylic acids is 1. The van der Waals surface area contributed by atoms with E-state index in [1.54, 1.807) is 31.4 Å². The number of nitrogens with one attached hydrogen (secondary N) is 1. The van der Waals surface area contributed by atoms with Crippen molar-refractivity contribution in [3.63, 3.8) is 0 Å². The van der Waals surface area contributed by atoms with Gasteiger partial charge in [-0.2, -0.15) is 0 Å². The molecule has 0 aliphatic heterocycles. The molecule has 2 aromatic rings.